The van der Waals surface area contributed by atoms with Crippen LogP contribution in [0.3, 0.4) is 0 Å². The van der Waals surface area contributed by atoms with Crippen molar-refractivity contribution in [3.8, 4) is 0 Å². The van der Waals surface area contributed by atoms with E-state index in [9.17, 15) is 14.4 Å². The summed E-state index contributed by atoms with van der Waals surface area (Å²) in [4.78, 5) is 42.0. The van der Waals surface area contributed by atoms with Crippen LogP contribution in [0, 0.1) is 5.92 Å². The molecular weight excluding hydrogens is 358 g/mol. The van der Waals surface area contributed by atoms with Gasteiger partial charge in [-0.2, -0.15) is 0 Å². The van der Waals surface area contributed by atoms with Gasteiger partial charge in [0.05, 0.1) is 6.10 Å². The smallest absolute Gasteiger partial charge is 0.251 e. The van der Waals surface area contributed by atoms with Crippen LogP contribution < -0.4 is 5.56 Å². The zero-order chi connectivity index (χ0) is 19.8. The molecule has 3 aliphatic heterocycles. The van der Waals surface area contributed by atoms with Crippen LogP contribution >= 0.6 is 0 Å². The van der Waals surface area contributed by atoms with E-state index in [0.29, 0.717) is 32.8 Å². The molecule has 0 aliphatic carbocycles. The summed E-state index contributed by atoms with van der Waals surface area (Å²) in [5.74, 6) is 0.139. The van der Waals surface area contributed by atoms with Gasteiger partial charge in [-0.05, 0) is 32.3 Å². The van der Waals surface area contributed by atoms with E-state index in [1.165, 1.54) is 6.07 Å². The number of amides is 2. The number of aromatic nitrogens is 1. The lowest BCUT2D eigenvalue weighted by Crippen LogP contribution is -2.55. The molecule has 1 aromatic heterocycles. The van der Waals surface area contributed by atoms with Gasteiger partial charge in [0.25, 0.3) is 5.56 Å². The standard InChI is InChI=1S/C21H29N3O4/c1-3-28-17-7-9-22(10-8-17)21(27)20-16-11-15(12-23(13-16)14(2)25)18-5-4-6-19(26)24(18)20/h4-6,15-17,20H,3,7-13H2,1-2H3/t15-,16+,20-/m1/s1. The second-order valence-electron chi connectivity index (χ2n) is 8.20. The van der Waals surface area contributed by atoms with Gasteiger partial charge in [0.1, 0.15) is 6.04 Å². The summed E-state index contributed by atoms with van der Waals surface area (Å²) >= 11 is 0. The summed E-state index contributed by atoms with van der Waals surface area (Å²) in [6.45, 7) is 6.73. The van der Waals surface area contributed by atoms with Gasteiger partial charge < -0.3 is 14.5 Å². The normalized spacial score (nSPS) is 27.4. The molecule has 0 saturated carbocycles. The lowest BCUT2D eigenvalue weighted by atomic mass is 9.77. The van der Waals surface area contributed by atoms with Crippen LogP contribution in [-0.2, 0) is 14.3 Å². The highest BCUT2D eigenvalue weighted by atomic mass is 16.5. The topological polar surface area (TPSA) is 71.8 Å². The van der Waals surface area contributed by atoms with Crippen molar-refractivity contribution in [3.63, 3.8) is 0 Å². The molecule has 3 aliphatic rings. The highest BCUT2D eigenvalue weighted by Crippen LogP contribution is 2.42. The molecule has 0 unspecified atom stereocenters. The average molecular weight is 387 g/mol. The number of pyridine rings is 1. The molecule has 2 saturated heterocycles. The first-order valence-corrected chi connectivity index (χ1v) is 10.4. The van der Waals surface area contributed by atoms with Crippen LogP contribution in [-0.4, -0.2) is 65.1 Å². The highest BCUT2D eigenvalue weighted by Gasteiger charge is 2.45. The third kappa shape index (κ3) is 3.36. The van der Waals surface area contributed by atoms with E-state index in [1.54, 1.807) is 17.6 Å². The molecule has 1 aromatic rings. The predicted octanol–water partition coefficient (Wildman–Crippen LogP) is 1.38. The molecule has 3 atom stereocenters. The Labute approximate surface area is 165 Å². The largest absolute Gasteiger partial charge is 0.378 e. The molecule has 2 fully saturated rings. The van der Waals surface area contributed by atoms with Gasteiger partial charge in [0.15, 0.2) is 0 Å². The Morgan fingerprint density at radius 1 is 1.14 bits per heavy atom. The summed E-state index contributed by atoms with van der Waals surface area (Å²) in [5.41, 5.74) is 0.767. The Kier molecular flexibility index (Phi) is 5.27. The first kappa shape index (κ1) is 19.2. The van der Waals surface area contributed by atoms with E-state index in [2.05, 4.69) is 0 Å². The Hall–Kier alpha value is -2.15. The van der Waals surface area contributed by atoms with Crippen molar-refractivity contribution in [3.05, 3.63) is 34.2 Å². The van der Waals surface area contributed by atoms with Gasteiger partial charge in [0.2, 0.25) is 11.8 Å². The summed E-state index contributed by atoms with van der Waals surface area (Å²) < 4.78 is 7.42. The number of carbonyl (C=O) groups is 2. The van der Waals surface area contributed by atoms with E-state index >= 15 is 0 Å². The molecule has 0 radical (unpaired) electrons. The maximum Gasteiger partial charge on any atom is 0.251 e. The van der Waals surface area contributed by atoms with Crippen molar-refractivity contribution in [2.24, 2.45) is 5.92 Å². The van der Waals surface area contributed by atoms with Crippen molar-refractivity contribution in [2.45, 2.75) is 51.2 Å². The van der Waals surface area contributed by atoms with E-state index in [1.807, 2.05) is 22.8 Å². The molecule has 0 N–H and O–H groups in total. The molecular formula is C21H29N3O4. The summed E-state index contributed by atoms with van der Waals surface area (Å²) in [7, 11) is 0. The van der Waals surface area contributed by atoms with E-state index in [-0.39, 0.29) is 35.3 Å². The molecule has 2 bridgehead atoms. The fourth-order valence-electron chi connectivity index (χ4n) is 5.17. The monoisotopic (exact) mass is 387 g/mol. The lowest BCUT2D eigenvalue weighted by molar-refractivity contribution is -0.143. The summed E-state index contributed by atoms with van der Waals surface area (Å²) in [6, 6.07) is 4.71. The van der Waals surface area contributed by atoms with Crippen LogP contribution in [0.25, 0.3) is 0 Å². The summed E-state index contributed by atoms with van der Waals surface area (Å²) in [5, 5.41) is 0. The Morgan fingerprint density at radius 3 is 2.57 bits per heavy atom. The molecule has 152 valence electrons. The predicted molar refractivity (Wildman–Crippen MR) is 104 cm³/mol. The number of piperidine rings is 2. The van der Waals surface area contributed by atoms with Crippen molar-refractivity contribution >= 4 is 11.8 Å². The first-order chi connectivity index (χ1) is 13.5. The molecule has 4 rings (SSSR count). The van der Waals surface area contributed by atoms with Crippen molar-refractivity contribution < 1.29 is 14.3 Å². The Bertz CT molecular complexity index is 812. The van der Waals surface area contributed by atoms with Crippen LogP contribution in [0.5, 0.6) is 0 Å². The van der Waals surface area contributed by atoms with Gasteiger partial charge in [-0.3, -0.25) is 19.0 Å². The van der Waals surface area contributed by atoms with E-state index < -0.39 is 6.04 Å². The van der Waals surface area contributed by atoms with E-state index in [0.717, 1.165) is 25.0 Å². The van der Waals surface area contributed by atoms with Crippen molar-refractivity contribution in [1.82, 2.24) is 14.4 Å². The van der Waals surface area contributed by atoms with E-state index in [4.69, 9.17) is 4.74 Å². The number of likely N-dealkylation sites (tertiary alicyclic amines) is 2. The second-order valence-corrected chi connectivity index (χ2v) is 8.20. The number of hydrogen-bond acceptors (Lipinski definition) is 4. The van der Waals surface area contributed by atoms with Crippen LogP contribution in [0.2, 0.25) is 0 Å². The number of hydrogen-bond donors (Lipinski definition) is 0. The quantitative estimate of drug-likeness (QED) is 0.786. The van der Waals surface area contributed by atoms with Gasteiger partial charge >= 0.3 is 0 Å². The molecule has 4 heterocycles. The highest BCUT2D eigenvalue weighted by molar-refractivity contribution is 5.82. The molecule has 7 nitrogen and oxygen atoms in total. The minimum Gasteiger partial charge on any atom is -0.378 e. The average Bonchev–Trinajstić information content (AvgIpc) is 2.69. The molecule has 0 aromatic carbocycles. The number of nitrogens with zero attached hydrogens (tertiary/aromatic N) is 3. The van der Waals surface area contributed by atoms with Crippen LogP contribution in [0.4, 0.5) is 0 Å². The fraction of sp³-hybridized carbons (Fsp3) is 0.667. The van der Waals surface area contributed by atoms with Crippen LogP contribution in [0.15, 0.2) is 23.0 Å². The summed E-state index contributed by atoms with van der Waals surface area (Å²) in [6.07, 6.45) is 2.72. The van der Waals surface area contributed by atoms with Crippen molar-refractivity contribution in [1.29, 1.82) is 0 Å². The van der Waals surface area contributed by atoms with Gasteiger partial charge in [-0.25, -0.2) is 0 Å². The van der Waals surface area contributed by atoms with Crippen molar-refractivity contribution in [2.75, 3.05) is 32.8 Å². The number of fused-ring (bicyclic) bond motifs is 4. The SMILES string of the molecule is CCOC1CCN(C(=O)[C@H]2[C@H]3C[C@H](CN(C(C)=O)C3)c3cccc(=O)n32)CC1. The third-order valence-electron chi connectivity index (χ3n) is 6.50. The van der Waals surface area contributed by atoms with Gasteiger partial charge in [0, 0.05) is 63.3 Å². The Balaban J connectivity index is 1.64. The minimum absolute atomic E-state index is 0.0124. The number of ether oxygens (including phenoxy) is 1. The minimum atomic E-state index is -0.522. The molecule has 0 spiro atoms. The fourth-order valence-corrected chi connectivity index (χ4v) is 5.17. The lowest BCUT2D eigenvalue weighted by Gasteiger charge is -2.47. The first-order valence-electron chi connectivity index (χ1n) is 10.4. The zero-order valence-corrected chi connectivity index (χ0v) is 16.7. The molecule has 2 amide bonds. The van der Waals surface area contributed by atoms with Gasteiger partial charge in [-0.15, -0.1) is 0 Å². The third-order valence-corrected chi connectivity index (χ3v) is 6.50. The maximum absolute atomic E-state index is 13.5. The zero-order valence-electron chi connectivity index (χ0n) is 16.7. The number of rotatable bonds is 3. The maximum atomic E-state index is 13.5. The Morgan fingerprint density at radius 2 is 1.89 bits per heavy atom. The molecule has 28 heavy (non-hydrogen) atoms. The molecule has 7 heteroatoms. The second kappa shape index (κ2) is 7.70. The number of carbonyl (C=O) groups excluding carboxylic acids is 2. The van der Waals surface area contributed by atoms with Gasteiger partial charge in [-0.1, -0.05) is 6.07 Å². The van der Waals surface area contributed by atoms with Crippen LogP contribution in [0.1, 0.15) is 50.8 Å².